The number of nitrogens with zero attached hydrogens (tertiary/aromatic N) is 2. The standard InChI is InChI=1S/C18H29N3O/c1-4-15-13-21(12-14(2)3)18-16(6-5-7-17(18)22-15)20-10-8-19-9-11-20/h5-7,14-15,19H,4,8-13H2,1-3H3. The van der Waals surface area contributed by atoms with Crippen molar-refractivity contribution in [3.05, 3.63) is 18.2 Å². The molecular formula is C18H29N3O. The Morgan fingerprint density at radius 3 is 2.73 bits per heavy atom. The van der Waals surface area contributed by atoms with Gasteiger partial charge in [0.1, 0.15) is 17.5 Å². The van der Waals surface area contributed by atoms with Crippen LogP contribution in [-0.4, -0.2) is 45.4 Å². The maximum Gasteiger partial charge on any atom is 0.145 e. The van der Waals surface area contributed by atoms with Crippen molar-refractivity contribution in [3.8, 4) is 5.75 Å². The van der Waals surface area contributed by atoms with Crippen molar-refractivity contribution in [2.45, 2.75) is 33.3 Å². The Morgan fingerprint density at radius 1 is 1.27 bits per heavy atom. The average molecular weight is 303 g/mol. The molecule has 0 radical (unpaired) electrons. The number of piperazine rings is 1. The third kappa shape index (κ3) is 3.17. The van der Waals surface area contributed by atoms with Gasteiger partial charge in [-0.1, -0.05) is 26.8 Å². The molecule has 1 saturated heterocycles. The minimum Gasteiger partial charge on any atom is -0.486 e. The normalized spacial score (nSPS) is 21.7. The molecule has 1 atom stereocenters. The third-order valence-corrected chi connectivity index (χ3v) is 4.51. The van der Waals surface area contributed by atoms with Gasteiger partial charge in [0.15, 0.2) is 0 Å². The van der Waals surface area contributed by atoms with E-state index in [4.69, 9.17) is 4.74 Å². The second-order valence-electron chi connectivity index (χ2n) is 6.81. The van der Waals surface area contributed by atoms with E-state index in [9.17, 15) is 0 Å². The summed E-state index contributed by atoms with van der Waals surface area (Å²) in [5.41, 5.74) is 2.65. The number of rotatable bonds is 4. The smallest absolute Gasteiger partial charge is 0.145 e. The molecule has 4 nitrogen and oxygen atoms in total. The topological polar surface area (TPSA) is 27.7 Å². The lowest BCUT2D eigenvalue weighted by Crippen LogP contribution is -2.46. The molecule has 1 N–H and O–H groups in total. The Hall–Kier alpha value is -1.42. The zero-order chi connectivity index (χ0) is 15.5. The average Bonchev–Trinajstić information content (AvgIpc) is 2.54. The van der Waals surface area contributed by atoms with Gasteiger partial charge in [0.05, 0.1) is 12.2 Å². The van der Waals surface area contributed by atoms with Gasteiger partial charge in [-0.3, -0.25) is 0 Å². The van der Waals surface area contributed by atoms with Gasteiger partial charge in [-0.15, -0.1) is 0 Å². The van der Waals surface area contributed by atoms with Gasteiger partial charge in [-0.25, -0.2) is 0 Å². The molecule has 3 rings (SSSR count). The number of fused-ring (bicyclic) bond motifs is 1. The van der Waals surface area contributed by atoms with Crippen molar-refractivity contribution in [2.75, 3.05) is 49.1 Å². The molecule has 0 spiro atoms. The predicted molar refractivity (Wildman–Crippen MR) is 93.3 cm³/mol. The van der Waals surface area contributed by atoms with Gasteiger partial charge in [0, 0.05) is 32.7 Å². The van der Waals surface area contributed by atoms with Gasteiger partial charge >= 0.3 is 0 Å². The quantitative estimate of drug-likeness (QED) is 0.925. The Kier molecular flexibility index (Phi) is 4.77. The summed E-state index contributed by atoms with van der Waals surface area (Å²) < 4.78 is 6.24. The van der Waals surface area contributed by atoms with E-state index in [1.54, 1.807) is 0 Å². The molecule has 0 bridgehead atoms. The molecule has 0 aromatic heterocycles. The predicted octanol–water partition coefficient (Wildman–Crippen LogP) is 2.73. The summed E-state index contributed by atoms with van der Waals surface area (Å²) >= 11 is 0. The van der Waals surface area contributed by atoms with Gasteiger partial charge in [0.25, 0.3) is 0 Å². The molecule has 2 heterocycles. The van der Waals surface area contributed by atoms with Crippen LogP contribution in [0.3, 0.4) is 0 Å². The highest BCUT2D eigenvalue weighted by Gasteiger charge is 2.29. The summed E-state index contributed by atoms with van der Waals surface area (Å²) in [6, 6.07) is 6.53. The highest BCUT2D eigenvalue weighted by atomic mass is 16.5. The van der Waals surface area contributed by atoms with Crippen molar-refractivity contribution < 1.29 is 4.74 Å². The fourth-order valence-corrected chi connectivity index (χ4v) is 3.46. The number of nitrogens with one attached hydrogen (secondary N) is 1. The van der Waals surface area contributed by atoms with E-state index in [1.165, 1.54) is 11.4 Å². The summed E-state index contributed by atoms with van der Waals surface area (Å²) in [5.74, 6) is 1.72. The summed E-state index contributed by atoms with van der Waals surface area (Å²) in [4.78, 5) is 5.05. The van der Waals surface area contributed by atoms with Crippen LogP contribution in [0.1, 0.15) is 27.2 Å². The molecule has 1 fully saturated rings. The van der Waals surface area contributed by atoms with E-state index in [0.717, 1.165) is 51.4 Å². The van der Waals surface area contributed by atoms with Crippen molar-refractivity contribution in [2.24, 2.45) is 5.92 Å². The van der Waals surface area contributed by atoms with Crippen LogP contribution in [0.25, 0.3) is 0 Å². The van der Waals surface area contributed by atoms with Crippen molar-refractivity contribution in [1.82, 2.24) is 5.32 Å². The van der Waals surface area contributed by atoms with Crippen LogP contribution >= 0.6 is 0 Å². The molecule has 2 aliphatic heterocycles. The second-order valence-corrected chi connectivity index (χ2v) is 6.81. The van der Waals surface area contributed by atoms with Crippen molar-refractivity contribution in [1.29, 1.82) is 0 Å². The first-order chi connectivity index (χ1) is 10.7. The van der Waals surface area contributed by atoms with Crippen LogP contribution in [0.2, 0.25) is 0 Å². The molecule has 1 unspecified atom stereocenters. The number of ether oxygens (including phenoxy) is 1. The van der Waals surface area contributed by atoms with Crippen molar-refractivity contribution >= 4 is 11.4 Å². The summed E-state index contributed by atoms with van der Waals surface area (Å²) in [6.45, 7) is 13.2. The first-order valence-electron chi connectivity index (χ1n) is 8.69. The largest absolute Gasteiger partial charge is 0.486 e. The number of hydrogen-bond donors (Lipinski definition) is 1. The van der Waals surface area contributed by atoms with Gasteiger partial charge in [-0.05, 0) is 24.5 Å². The SMILES string of the molecule is CCC1CN(CC(C)C)c2c(cccc2N2CCNCC2)O1. The van der Waals surface area contributed by atoms with Crippen molar-refractivity contribution in [3.63, 3.8) is 0 Å². The molecule has 0 amide bonds. The lowest BCUT2D eigenvalue weighted by Gasteiger charge is -2.41. The number of para-hydroxylation sites is 1. The summed E-state index contributed by atoms with van der Waals surface area (Å²) in [7, 11) is 0. The van der Waals surface area contributed by atoms with Crippen LogP contribution < -0.4 is 19.9 Å². The highest BCUT2D eigenvalue weighted by Crippen LogP contribution is 2.42. The molecule has 22 heavy (non-hydrogen) atoms. The summed E-state index contributed by atoms with van der Waals surface area (Å²) in [6.07, 6.45) is 1.37. The van der Waals surface area contributed by atoms with Crippen LogP contribution in [-0.2, 0) is 0 Å². The Labute approximate surface area is 134 Å². The Morgan fingerprint density at radius 2 is 2.05 bits per heavy atom. The monoisotopic (exact) mass is 303 g/mol. The molecule has 0 saturated carbocycles. The maximum atomic E-state index is 6.24. The Balaban J connectivity index is 1.96. The number of benzene rings is 1. The lowest BCUT2D eigenvalue weighted by molar-refractivity contribution is 0.188. The van der Waals surface area contributed by atoms with E-state index < -0.39 is 0 Å². The van der Waals surface area contributed by atoms with Crippen LogP contribution in [0.5, 0.6) is 5.75 Å². The molecular weight excluding hydrogens is 274 g/mol. The van der Waals surface area contributed by atoms with Gasteiger partial charge in [-0.2, -0.15) is 0 Å². The first-order valence-corrected chi connectivity index (χ1v) is 8.69. The highest BCUT2D eigenvalue weighted by molar-refractivity contribution is 5.79. The minimum atomic E-state index is 0.310. The molecule has 1 aromatic rings. The second kappa shape index (κ2) is 6.78. The molecule has 122 valence electrons. The zero-order valence-electron chi connectivity index (χ0n) is 14.1. The van der Waals surface area contributed by atoms with Gasteiger partial charge in [0.2, 0.25) is 0 Å². The van der Waals surface area contributed by atoms with Crippen LogP contribution in [0.4, 0.5) is 11.4 Å². The van der Waals surface area contributed by atoms with Crippen LogP contribution in [0, 0.1) is 5.92 Å². The number of hydrogen-bond acceptors (Lipinski definition) is 4. The van der Waals surface area contributed by atoms with E-state index in [0.29, 0.717) is 12.0 Å². The van der Waals surface area contributed by atoms with E-state index in [-0.39, 0.29) is 0 Å². The fourth-order valence-electron chi connectivity index (χ4n) is 3.46. The third-order valence-electron chi connectivity index (χ3n) is 4.51. The Bertz CT molecular complexity index is 497. The number of anilines is 2. The van der Waals surface area contributed by atoms with E-state index in [2.05, 4.69) is 54.1 Å². The van der Waals surface area contributed by atoms with Crippen LogP contribution in [0.15, 0.2) is 18.2 Å². The van der Waals surface area contributed by atoms with E-state index in [1.807, 2.05) is 0 Å². The summed E-state index contributed by atoms with van der Waals surface area (Å²) in [5, 5.41) is 3.44. The maximum absolute atomic E-state index is 6.24. The zero-order valence-corrected chi connectivity index (χ0v) is 14.1. The van der Waals surface area contributed by atoms with Gasteiger partial charge < -0.3 is 19.9 Å². The minimum absolute atomic E-state index is 0.310. The lowest BCUT2D eigenvalue weighted by atomic mass is 10.1. The molecule has 1 aromatic carbocycles. The molecule has 0 aliphatic carbocycles. The molecule has 4 heteroatoms. The van der Waals surface area contributed by atoms with E-state index >= 15 is 0 Å². The molecule has 2 aliphatic rings. The fraction of sp³-hybridized carbons (Fsp3) is 0.667. The first kappa shape index (κ1) is 15.5.